The number of carbonyl (C=O) groups excluding carboxylic acids is 1. The van der Waals surface area contributed by atoms with Crippen LogP contribution < -0.4 is 5.32 Å². The molecule has 1 aromatic carbocycles. The van der Waals surface area contributed by atoms with Crippen LogP contribution in [0.2, 0.25) is 0 Å². The van der Waals surface area contributed by atoms with Crippen molar-refractivity contribution in [1.29, 1.82) is 5.26 Å². The first-order valence-corrected chi connectivity index (χ1v) is 7.23. The summed E-state index contributed by atoms with van der Waals surface area (Å²) in [5, 5.41) is 12.3. The number of hydrogen-bond donors (Lipinski definition) is 1. The lowest BCUT2D eigenvalue weighted by molar-refractivity contribution is -0.137. The molecule has 1 aromatic rings. The third-order valence-electron chi connectivity index (χ3n) is 4.50. The van der Waals surface area contributed by atoms with Gasteiger partial charge in [-0.1, -0.05) is 12.1 Å². The minimum absolute atomic E-state index is 0. The second kappa shape index (κ2) is 6.46. The van der Waals surface area contributed by atoms with E-state index in [9.17, 15) is 4.79 Å². The number of amides is 1. The fourth-order valence-corrected chi connectivity index (χ4v) is 3.37. The van der Waals surface area contributed by atoms with Gasteiger partial charge in [0.15, 0.2) is 0 Å². The van der Waals surface area contributed by atoms with Crippen LogP contribution in [0.3, 0.4) is 0 Å². The number of benzene rings is 1. The van der Waals surface area contributed by atoms with Crippen molar-refractivity contribution in [3.63, 3.8) is 0 Å². The van der Waals surface area contributed by atoms with E-state index in [2.05, 4.69) is 11.4 Å². The fraction of sp³-hybridized carbons (Fsp3) is 0.500. The summed E-state index contributed by atoms with van der Waals surface area (Å²) in [4.78, 5) is 14.6. The Morgan fingerprint density at radius 2 is 2.24 bits per heavy atom. The number of hydrogen-bond acceptors (Lipinski definition) is 3. The molecule has 2 aliphatic heterocycles. The molecule has 0 aliphatic carbocycles. The lowest BCUT2D eigenvalue weighted by Gasteiger charge is -2.32. The Hall–Kier alpha value is -1.57. The van der Waals surface area contributed by atoms with Crippen LogP contribution in [0.5, 0.6) is 0 Å². The van der Waals surface area contributed by atoms with Gasteiger partial charge in [-0.3, -0.25) is 4.79 Å². The molecule has 0 aromatic heterocycles. The zero-order valence-corrected chi connectivity index (χ0v) is 12.8. The lowest BCUT2D eigenvalue weighted by Crippen LogP contribution is -2.45. The molecule has 1 N–H and O–H groups in total. The minimum Gasteiger partial charge on any atom is -0.338 e. The van der Waals surface area contributed by atoms with Gasteiger partial charge in [0.25, 0.3) is 0 Å². The van der Waals surface area contributed by atoms with E-state index in [1.807, 2.05) is 23.1 Å². The van der Waals surface area contributed by atoms with Gasteiger partial charge in [0.2, 0.25) is 5.91 Å². The van der Waals surface area contributed by atoms with Gasteiger partial charge >= 0.3 is 0 Å². The number of carbonyl (C=O) groups is 1. The van der Waals surface area contributed by atoms with Crippen LogP contribution >= 0.6 is 12.4 Å². The molecule has 1 unspecified atom stereocenters. The van der Waals surface area contributed by atoms with Crippen LogP contribution in [-0.2, 0) is 11.3 Å². The van der Waals surface area contributed by atoms with Crippen LogP contribution in [0.25, 0.3) is 0 Å². The Balaban J connectivity index is 0.00000161. The molecule has 1 spiro atoms. The Labute approximate surface area is 131 Å². The van der Waals surface area contributed by atoms with E-state index >= 15 is 0 Å². The highest BCUT2D eigenvalue weighted by molar-refractivity contribution is 5.85. The van der Waals surface area contributed by atoms with Crippen LogP contribution in [0.15, 0.2) is 24.3 Å². The Morgan fingerprint density at radius 1 is 1.38 bits per heavy atom. The van der Waals surface area contributed by atoms with E-state index in [1.165, 1.54) is 0 Å². The Kier molecular flexibility index (Phi) is 4.87. The minimum atomic E-state index is -0.162. The highest BCUT2D eigenvalue weighted by Gasteiger charge is 2.46. The van der Waals surface area contributed by atoms with E-state index in [0.717, 1.165) is 44.5 Å². The van der Waals surface area contributed by atoms with Crippen molar-refractivity contribution < 1.29 is 4.79 Å². The molecule has 2 heterocycles. The van der Waals surface area contributed by atoms with Crippen molar-refractivity contribution in [3.8, 4) is 6.07 Å². The average Bonchev–Trinajstić information content (AvgIpc) is 2.78. The van der Waals surface area contributed by atoms with Crippen molar-refractivity contribution in [2.45, 2.75) is 25.8 Å². The lowest BCUT2D eigenvalue weighted by atomic mass is 9.79. The van der Waals surface area contributed by atoms with Crippen molar-refractivity contribution in [3.05, 3.63) is 35.4 Å². The first kappa shape index (κ1) is 15.8. The average molecular weight is 306 g/mol. The highest BCUT2D eigenvalue weighted by atomic mass is 35.5. The summed E-state index contributed by atoms with van der Waals surface area (Å²) in [5.41, 5.74) is 1.53. The maximum absolute atomic E-state index is 12.7. The van der Waals surface area contributed by atoms with Gasteiger partial charge in [0.05, 0.1) is 17.0 Å². The number of nitriles is 1. The van der Waals surface area contributed by atoms with E-state index in [4.69, 9.17) is 5.26 Å². The molecule has 0 saturated carbocycles. The third-order valence-corrected chi connectivity index (χ3v) is 4.50. The largest absolute Gasteiger partial charge is 0.338 e. The first-order chi connectivity index (χ1) is 9.73. The standard InChI is InChI=1S/C16H19N3O.ClH/c17-10-13-3-1-4-14(9-13)11-19-8-6-16(15(19)20)5-2-7-18-12-16;/h1,3-4,9,18H,2,5-8,11-12H2;1H. The highest BCUT2D eigenvalue weighted by Crippen LogP contribution is 2.38. The van der Waals surface area contributed by atoms with Crippen LogP contribution in [0, 0.1) is 16.7 Å². The van der Waals surface area contributed by atoms with Crippen LogP contribution in [-0.4, -0.2) is 30.4 Å². The van der Waals surface area contributed by atoms with Gasteiger partial charge < -0.3 is 10.2 Å². The zero-order valence-electron chi connectivity index (χ0n) is 12.0. The number of piperidine rings is 1. The second-order valence-electron chi connectivity index (χ2n) is 5.85. The molecule has 112 valence electrons. The SMILES string of the molecule is Cl.N#Cc1cccc(CN2CCC3(CCCNC3)C2=O)c1. The predicted octanol–water partition coefficient (Wildman–Crippen LogP) is 2.08. The molecule has 3 rings (SSSR count). The fourth-order valence-electron chi connectivity index (χ4n) is 3.37. The molecular weight excluding hydrogens is 286 g/mol. The summed E-state index contributed by atoms with van der Waals surface area (Å²) in [6.45, 7) is 3.30. The zero-order chi connectivity index (χ0) is 14.0. The maximum Gasteiger partial charge on any atom is 0.230 e. The van der Waals surface area contributed by atoms with E-state index < -0.39 is 0 Å². The molecule has 21 heavy (non-hydrogen) atoms. The predicted molar refractivity (Wildman–Crippen MR) is 83.0 cm³/mol. The second-order valence-corrected chi connectivity index (χ2v) is 5.85. The van der Waals surface area contributed by atoms with Gasteiger partial charge in [-0.25, -0.2) is 0 Å². The van der Waals surface area contributed by atoms with Gasteiger partial charge in [-0.2, -0.15) is 5.26 Å². The summed E-state index contributed by atoms with van der Waals surface area (Å²) in [6, 6.07) is 9.68. The normalized spacial score (nSPS) is 24.7. The van der Waals surface area contributed by atoms with E-state index in [1.54, 1.807) is 6.07 Å². The summed E-state index contributed by atoms with van der Waals surface area (Å²) < 4.78 is 0. The molecule has 2 aliphatic rings. The van der Waals surface area contributed by atoms with Gasteiger partial charge in [-0.05, 0) is 43.5 Å². The van der Waals surface area contributed by atoms with Crippen LogP contribution in [0.4, 0.5) is 0 Å². The van der Waals surface area contributed by atoms with Crippen molar-refractivity contribution in [2.24, 2.45) is 5.41 Å². The summed E-state index contributed by atoms with van der Waals surface area (Å²) >= 11 is 0. The molecule has 1 amide bonds. The molecule has 0 bridgehead atoms. The van der Waals surface area contributed by atoms with Gasteiger partial charge in [-0.15, -0.1) is 12.4 Å². The van der Waals surface area contributed by atoms with Crippen molar-refractivity contribution in [2.75, 3.05) is 19.6 Å². The number of rotatable bonds is 2. The number of likely N-dealkylation sites (tertiary alicyclic amines) is 1. The Bertz CT molecular complexity index is 561. The molecule has 4 nitrogen and oxygen atoms in total. The van der Waals surface area contributed by atoms with E-state index in [-0.39, 0.29) is 23.7 Å². The summed E-state index contributed by atoms with van der Waals surface area (Å²) in [5.74, 6) is 0.284. The molecule has 1 atom stereocenters. The number of nitrogens with one attached hydrogen (secondary N) is 1. The quantitative estimate of drug-likeness (QED) is 0.910. The topological polar surface area (TPSA) is 56.1 Å². The molecule has 2 saturated heterocycles. The summed E-state index contributed by atoms with van der Waals surface area (Å²) in [6.07, 6.45) is 3.05. The summed E-state index contributed by atoms with van der Waals surface area (Å²) in [7, 11) is 0. The monoisotopic (exact) mass is 305 g/mol. The van der Waals surface area contributed by atoms with E-state index in [0.29, 0.717) is 12.1 Å². The number of halogens is 1. The number of nitrogens with zero attached hydrogens (tertiary/aromatic N) is 2. The smallest absolute Gasteiger partial charge is 0.230 e. The maximum atomic E-state index is 12.7. The Morgan fingerprint density at radius 3 is 2.95 bits per heavy atom. The van der Waals surface area contributed by atoms with Crippen molar-refractivity contribution in [1.82, 2.24) is 10.2 Å². The molecule has 2 fully saturated rings. The van der Waals surface area contributed by atoms with Crippen LogP contribution in [0.1, 0.15) is 30.4 Å². The van der Waals surface area contributed by atoms with Crippen molar-refractivity contribution >= 4 is 18.3 Å². The molecule has 5 heteroatoms. The molecule has 0 radical (unpaired) electrons. The first-order valence-electron chi connectivity index (χ1n) is 7.23. The third kappa shape index (κ3) is 3.04. The molecular formula is C16H20ClN3O. The van der Waals surface area contributed by atoms with Gasteiger partial charge in [0, 0.05) is 19.6 Å². The van der Waals surface area contributed by atoms with Gasteiger partial charge in [0.1, 0.15) is 0 Å².